The van der Waals surface area contributed by atoms with Gasteiger partial charge in [0.15, 0.2) is 6.29 Å². The molecule has 0 bridgehead atoms. The van der Waals surface area contributed by atoms with Gasteiger partial charge in [-0.25, -0.2) is 0 Å². The predicted molar refractivity (Wildman–Crippen MR) is 142 cm³/mol. The van der Waals surface area contributed by atoms with Crippen molar-refractivity contribution in [1.82, 2.24) is 5.32 Å². The first-order valence-corrected chi connectivity index (χ1v) is 13.9. The van der Waals surface area contributed by atoms with Crippen LogP contribution in [0.15, 0.2) is 0 Å². The fraction of sp³-hybridized carbons (Fsp3) is 0.846. The maximum absolute atomic E-state index is 12.1. The summed E-state index contributed by atoms with van der Waals surface area (Å²) in [6.07, 6.45) is -2.41. The van der Waals surface area contributed by atoms with Gasteiger partial charge in [0.2, 0.25) is 5.91 Å². The molecule has 238 valence electrons. The van der Waals surface area contributed by atoms with Gasteiger partial charge < -0.3 is 54.8 Å². The first-order chi connectivity index (χ1) is 19.6. The lowest BCUT2D eigenvalue weighted by Gasteiger charge is -2.45. The second-order valence-electron chi connectivity index (χ2n) is 9.56. The van der Waals surface area contributed by atoms with E-state index < -0.39 is 60.9 Å². The van der Waals surface area contributed by atoms with Crippen LogP contribution < -0.4 is 11.1 Å². The van der Waals surface area contributed by atoms with Crippen molar-refractivity contribution in [2.75, 3.05) is 72.6 Å². The molecule has 0 spiro atoms. The van der Waals surface area contributed by atoms with E-state index >= 15 is 0 Å². The maximum atomic E-state index is 12.1. The Morgan fingerprint density at radius 2 is 1.20 bits per heavy atom. The van der Waals surface area contributed by atoms with Crippen LogP contribution in [0, 0.1) is 17.8 Å². The molecular formula is C26H46N2O13. The predicted octanol–water partition coefficient (Wildman–Crippen LogP) is -0.0580. The lowest BCUT2D eigenvalue weighted by Crippen LogP contribution is -2.49. The standard InChI is InChI=1S/C26H46N2O13/c1-18-19(15-23(30)31)20(16-24(32)33)21(17-25(34)35)26(41-18)40-6-2-3-22(29)28-5-8-37-10-12-39-14-13-38-11-9-36-7-4-27/h18-21,26H,2-17,27H2,1H3,(H,28,29)(H,30,31)(H,32,33)(H,34,35)/t18-,19+,20+,21+,26+/m0/s1. The molecule has 1 amide bonds. The van der Waals surface area contributed by atoms with Crippen LogP contribution in [0.4, 0.5) is 0 Å². The highest BCUT2D eigenvalue weighted by Crippen LogP contribution is 2.41. The van der Waals surface area contributed by atoms with Crippen LogP contribution in [0.25, 0.3) is 0 Å². The van der Waals surface area contributed by atoms with Crippen molar-refractivity contribution in [3.63, 3.8) is 0 Å². The van der Waals surface area contributed by atoms with Crippen LogP contribution in [-0.2, 0) is 47.6 Å². The summed E-state index contributed by atoms with van der Waals surface area (Å²) in [4.78, 5) is 46.4. The number of hydrogen-bond donors (Lipinski definition) is 5. The molecule has 1 aliphatic heterocycles. The highest BCUT2D eigenvalue weighted by molar-refractivity contribution is 5.75. The molecule has 15 nitrogen and oxygen atoms in total. The Morgan fingerprint density at radius 1 is 0.707 bits per heavy atom. The number of rotatable bonds is 25. The summed E-state index contributed by atoms with van der Waals surface area (Å²) in [5, 5.41) is 30.7. The Labute approximate surface area is 239 Å². The zero-order valence-electron chi connectivity index (χ0n) is 23.7. The fourth-order valence-electron chi connectivity index (χ4n) is 4.54. The minimum atomic E-state index is -1.17. The molecule has 6 N–H and O–H groups in total. The second kappa shape index (κ2) is 22.2. The van der Waals surface area contributed by atoms with Gasteiger partial charge in [-0.05, 0) is 25.2 Å². The quantitative estimate of drug-likeness (QED) is 0.0874. The first kappa shape index (κ1) is 36.6. The van der Waals surface area contributed by atoms with Crippen molar-refractivity contribution in [2.45, 2.75) is 51.4 Å². The molecule has 0 radical (unpaired) electrons. The van der Waals surface area contributed by atoms with Gasteiger partial charge in [0.25, 0.3) is 0 Å². The molecule has 1 saturated heterocycles. The summed E-state index contributed by atoms with van der Waals surface area (Å²) in [6.45, 7) is 5.94. The Kier molecular flexibility index (Phi) is 19.9. The Morgan fingerprint density at radius 3 is 1.73 bits per heavy atom. The van der Waals surface area contributed by atoms with E-state index in [4.69, 9.17) is 34.2 Å². The summed E-state index contributed by atoms with van der Waals surface area (Å²) >= 11 is 0. The summed E-state index contributed by atoms with van der Waals surface area (Å²) < 4.78 is 32.8. The first-order valence-electron chi connectivity index (χ1n) is 13.9. The maximum Gasteiger partial charge on any atom is 0.303 e. The third-order valence-corrected chi connectivity index (χ3v) is 6.41. The topological polar surface area (TPSA) is 222 Å². The highest BCUT2D eigenvalue weighted by atomic mass is 16.7. The molecular weight excluding hydrogens is 548 g/mol. The number of nitrogens with two attached hydrogens (primary N) is 1. The Hall–Kier alpha value is -2.40. The van der Waals surface area contributed by atoms with Crippen molar-refractivity contribution >= 4 is 23.8 Å². The van der Waals surface area contributed by atoms with Crippen LogP contribution in [0.2, 0.25) is 0 Å². The monoisotopic (exact) mass is 594 g/mol. The van der Waals surface area contributed by atoms with Crippen LogP contribution in [0.1, 0.15) is 39.0 Å². The Balaban J connectivity index is 2.26. The minimum absolute atomic E-state index is 0.0720. The molecule has 1 fully saturated rings. The largest absolute Gasteiger partial charge is 0.481 e. The number of aliphatic carboxylic acids is 3. The Bertz CT molecular complexity index is 770. The van der Waals surface area contributed by atoms with Gasteiger partial charge in [0.1, 0.15) is 0 Å². The van der Waals surface area contributed by atoms with Gasteiger partial charge in [0.05, 0.1) is 78.4 Å². The third-order valence-electron chi connectivity index (χ3n) is 6.41. The van der Waals surface area contributed by atoms with Gasteiger partial charge in [-0.3, -0.25) is 19.2 Å². The normalized spacial score (nSPS) is 22.3. The summed E-state index contributed by atoms with van der Waals surface area (Å²) in [6, 6.07) is 0. The van der Waals surface area contributed by atoms with Gasteiger partial charge in [0, 0.05) is 31.8 Å². The number of amides is 1. The number of ether oxygens (including phenoxy) is 6. The fourth-order valence-corrected chi connectivity index (χ4v) is 4.54. The summed E-state index contributed by atoms with van der Waals surface area (Å²) in [5.74, 6) is -5.97. The van der Waals surface area contributed by atoms with Gasteiger partial charge in [-0.15, -0.1) is 0 Å². The zero-order chi connectivity index (χ0) is 30.5. The number of carbonyl (C=O) groups is 4. The smallest absolute Gasteiger partial charge is 0.303 e. The molecule has 5 atom stereocenters. The van der Waals surface area contributed by atoms with E-state index in [1.807, 2.05) is 0 Å². The number of carboxylic acids is 3. The molecule has 0 aromatic carbocycles. The van der Waals surface area contributed by atoms with Crippen molar-refractivity contribution in [3.05, 3.63) is 0 Å². The number of carboxylic acid groups (broad SMARTS) is 3. The van der Waals surface area contributed by atoms with Crippen LogP contribution in [0.3, 0.4) is 0 Å². The molecule has 41 heavy (non-hydrogen) atoms. The molecule has 0 saturated carbocycles. The average Bonchev–Trinajstić information content (AvgIpc) is 2.90. The van der Waals surface area contributed by atoms with Gasteiger partial charge in [-0.1, -0.05) is 0 Å². The minimum Gasteiger partial charge on any atom is -0.481 e. The molecule has 0 aromatic heterocycles. The molecule has 0 aliphatic carbocycles. The molecule has 0 unspecified atom stereocenters. The second-order valence-corrected chi connectivity index (χ2v) is 9.56. The van der Waals surface area contributed by atoms with Crippen molar-refractivity contribution in [2.24, 2.45) is 23.5 Å². The van der Waals surface area contributed by atoms with Crippen molar-refractivity contribution in [1.29, 1.82) is 0 Å². The van der Waals surface area contributed by atoms with Crippen molar-refractivity contribution < 1.29 is 62.9 Å². The van der Waals surface area contributed by atoms with Crippen LogP contribution in [0.5, 0.6) is 0 Å². The van der Waals surface area contributed by atoms with Gasteiger partial charge in [-0.2, -0.15) is 0 Å². The van der Waals surface area contributed by atoms with E-state index in [0.29, 0.717) is 72.4 Å². The van der Waals surface area contributed by atoms with Crippen LogP contribution >= 0.6 is 0 Å². The molecule has 1 heterocycles. The summed E-state index contributed by atoms with van der Waals surface area (Å²) in [5.41, 5.74) is 5.31. The molecule has 1 aliphatic rings. The van der Waals surface area contributed by atoms with E-state index in [9.17, 15) is 34.5 Å². The number of carbonyl (C=O) groups excluding carboxylic acids is 1. The molecule has 0 aromatic rings. The third kappa shape index (κ3) is 17.2. The van der Waals surface area contributed by atoms with E-state index in [1.54, 1.807) is 6.92 Å². The summed E-state index contributed by atoms with van der Waals surface area (Å²) in [7, 11) is 0. The molecule has 1 rings (SSSR count). The van der Waals surface area contributed by atoms with E-state index in [2.05, 4.69) is 5.32 Å². The van der Waals surface area contributed by atoms with Gasteiger partial charge >= 0.3 is 17.9 Å². The SMILES string of the molecule is C[C@@H]1O[C@@H](OCCCC(=O)NCCOCCOCCOCCOCCN)[C@H](CC(=O)O)[C@H](CC(=O)O)[C@@H]1CC(=O)O. The lowest BCUT2D eigenvalue weighted by atomic mass is 9.71. The number of nitrogens with one attached hydrogen (secondary N) is 1. The lowest BCUT2D eigenvalue weighted by molar-refractivity contribution is -0.255. The zero-order valence-corrected chi connectivity index (χ0v) is 23.7. The highest BCUT2D eigenvalue weighted by Gasteiger charge is 2.46. The van der Waals surface area contributed by atoms with Crippen LogP contribution in [-0.4, -0.2) is 124 Å². The molecule has 15 heteroatoms. The van der Waals surface area contributed by atoms with E-state index in [0.717, 1.165) is 0 Å². The average molecular weight is 595 g/mol. The van der Waals surface area contributed by atoms with Crippen molar-refractivity contribution in [3.8, 4) is 0 Å². The van der Waals surface area contributed by atoms with E-state index in [1.165, 1.54) is 0 Å². The van der Waals surface area contributed by atoms with E-state index in [-0.39, 0.29) is 25.4 Å². The number of hydrogen-bond acceptors (Lipinski definition) is 11.